The van der Waals surface area contributed by atoms with Crippen LogP contribution in [0.4, 0.5) is 0 Å². The molecule has 1 aromatic carbocycles. The van der Waals surface area contributed by atoms with Gasteiger partial charge in [-0.25, -0.2) is 0 Å². The van der Waals surface area contributed by atoms with Crippen molar-refractivity contribution in [1.82, 2.24) is 9.80 Å². The average Bonchev–Trinajstić information content (AvgIpc) is 2.56. The molecule has 2 unspecified atom stereocenters. The van der Waals surface area contributed by atoms with E-state index in [0.717, 1.165) is 18.4 Å². The lowest BCUT2D eigenvalue weighted by atomic mass is 9.72. The third kappa shape index (κ3) is 5.62. The van der Waals surface area contributed by atoms with E-state index in [1.54, 1.807) is 0 Å². The summed E-state index contributed by atoms with van der Waals surface area (Å²) >= 11 is 0. The van der Waals surface area contributed by atoms with Crippen molar-refractivity contribution >= 4 is 5.91 Å². The largest absolute Gasteiger partial charge is 0.341 e. The lowest BCUT2D eigenvalue weighted by molar-refractivity contribution is -0.134. The Balaban J connectivity index is 0.00000139. The number of carbonyl (C=O) groups excluding carboxylic acids is 1. The fourth-order valence-corrected chi connectivity index (χ4v) is 3.59. The Labute approximate surface area is 149 Å². The SMILES string of the molecule is CC.CN(C)C1CC(C)(C)CCC1N(C)C(=O)Cc1ccccc1. The number of nitrogens with zero attached hydrogens (tertiary/aromatic N) is 2. The highest BCUT2D eigenvalue weighted by molar-refractivity contribution is 5.78. The van der Waals surface area contributed by atoms with Crippen molar-refractivity contribution in [3.63, 3.8) is 0 Å². The van der Waals surface area contributed by atoms with Gasteiger partial charge in [0, 0.05) is 19.1 Å². The fraction of sp³-hybridized carbons (Fsp3) is 0.667. The topological polar surface area (TPSA) is 23.6 Å². The Bertz CT molecular complexity index is 496. The van der Waals surface area contributed by atoms with Crippen LogP contribution in [0.25, 0.3) is 0 Å². The molecule has 1 aliphatic rings. The maximum atomic E-state index is 12.6. The lowest BCUT2D eigenvalue weighted by Crippen LogP contribution is -2.54. The minimum atomic E-state index is 0.225. The van der Waals surface area contributed by atoms with Gasteiger partial charge in [0.2, 0.25) is 5.91 Å². The molecule has 3 heteroatoms. The number of hydrogen-bond donors (Lipinski definition) is 0. The smallest absolute Gasteiger partial charge is 0.227 e. The Hall–Kier alpha value is -1.35. The summed E-state index contributed by atoms with van der Waals surface area (Å²) < 4.78 is 0. The zero-order chi connectivity index (χ0) is 18.3. The van der Waals surface area contributed by atoms with E-state index >= 15 is 0 Å². The third-order valence-electron chi connectivity index (χ3n) is 5.08. The predicted octanol–water partition coefficient (Wildman–Crippen LogP) is 4.22. The number of amides is 1. The Kier molecular flexibility index (Phi) is 7.95. The highest BCUT2D eigenvalue weighted by Crippen LogP contribution is 2.38. The monoisotopic (exact) mass is 332 g/mol. The molecule has 0 bridgehead atoms. The third-order valence-corrected chi connectivity index (χ3v) is 5.08. The van der Waals surface area contributed by atoms with E-state index in [1.807, 2.05) is 56.1 Å². The molecule has 136 valence electrons. The first kappa shape index (κ1) is 20.7. The zero-order valence-corrected chi connectivity index (χ0v) is 16.7. The first-order valence-electron chi connectivity index (χ1n) is 9.26. The molecule has 1 saturated carbocycles. The summed E-state index contributed by atoms with van der Waals surface area (Å²) in [6, 6.07) is 10.8. The van der Waals surface area contributed by atoms with Gasteiger partial charge in [0.1, 0.15) is 0 Å². The van der Waals surface area contributed by atoms with Crippen LogP contribution in [-0.2, 0) is 11.2 Å². The van der Waals surface area contributed by atoms with E-state index in [9.17, 15) is 4.79 Å². The summed E-state index contributed by atoms with van der Waals surface area (Å²) in [6.45, 7) is 8.68. The Morgan fingerprint density at radius 1 is 1.08 bits per heavy atom. The molecule has 2 rings (SSSR count). The van der Waals surface area contributed by atoms with Crippen molar-refractivity contribution < 1.29 is 4.79 Å². The first-order valence-corrected chi connectivity index (χ1v) is 9.26. The molecule has 0 aliphatic heterocycles. The van der Waals surface area contributed by atoms with E-state index in [1.165, 1.54) is 6.42 Å². The minimum Gasteiger partial charge on any atom is -0.341 e. The highest BCUT2D eigenvalue weighted by atomic mass is 16.2. The molecule has 3 nitrogen and oxygen atoms in total. The van der Waals surface area contributed by atoms with Crippen molar-refractivity contribution in [1.29, 1.82) is 0 Å². The van der Waals surface area contributed by atoms with Crippen LogP contribution >= 0.6 is 0 Å². The van der Waals surface area contributed by atoms with Gasteiger partial charge in [-0.3, -0.25) is 4.79 Å². The number of hydrogen-bond acceptors (Lipinski definition) is 2. The van der Waals surface area contributed by atoms with Crippen molar-refractivity contribution in [2.75, 3.05) is 21.1 Å². The van der Waals surface area contributed by atoms with E-state index in [4.69, 9.17) is 0 Å². The van der Waals surface area contributed by atoms with Crippen LogP contribution in [0.15, 0.2) is 30.3 Å². The zero-order valence-electron chi connectivity index (χ0n) is 16.7. The number of carbonyl (C=O) groups is 1. The minimum absolute atomic E-state index is 0.225. The van der Waals surface area contributed by atoms with E-state index in [0.29, 0.717) is 23.9 Å². The highest BCUT2D eigenvalue weighted by Gasteiger charge is 2.39. The predicted molar refractivity (Wildman–Crippen MR) is 103 cm³/mol. The van der Waals surface area contributed by atoms with E-state index in [2.05, 4.69) is 32.8 Å². The standard InChI is InChI=1S/C19H30N2O.C2H6/c1-19(2)12-11-16(17(14-19)20(3)4)21(5)18(22)13-15-9-7-6-8-10-15;1-2/h6-10,16-17H,11-14H2,1-5H3;1-2H3. The molecule has 0 heterocycles. The molecule has 0 saturated heterocycles. The summed E-state index contributed by atoms with van der Waals surface area (Å²) in [4.78, 5) is 16.9. The van der Waals surface area contributed by atoms with Crippen LogP contribution in [0.1, 0.15) is 52.5 Å². The molecule has 24 heavy (non-hydrogen) atoms. The molecule has 0 aromatic heterocycles. The summed E-state index contributed by atoms with van der Waals surface area (Å²) in [7, 11) is 6.24. The molecule has 1 amide bonds. The van der Waals surface area contributed by atoms with E-state index < -0.39 is 0 Å². The summed E-state index contributed by atoms with van der Waals surface area (Å²) in [5.74, 6) is 0.225. The van der Waals surface area contributed by atoms with E-state index in [-0.39, 0.29) is 5.91 Å². The van der Waals surface area contributed by atoms with Crippen LogP contribution in [0.3, 0.4) is 0 Å². The summed E-state index contributed by atoms with van der Waals surface area (Å²) in [5, 5.41) is 0. The van der Waals surface area contributed by atoms with Gasteiger partial charge < -0.3 is 9.80 Å². The van der Waals surface area contributed by atoms with Crippen molar-refractivity contribution in [3.05, 3.63) is 35.9 Å². The number of benzene rings is 1. The van der Waals surface area contributed by atoms with Crippen LogP contribution in [-0.4, -0.2) is 48.9 Å². The van der Waals surface area contributed by atoms with Gasteiger partial charge >= 0.3 is 0 Å². The molecule has 1 aliphatic carbocycles. The van der Waals surface area contributed by atoms with Gasteiger partial charge in [0.15, 0.2) is 0 Å². The van der Waals surface area contributed by atoms with Gasteiger partial charge in [-0.2, -0.15) is 0 Å². The van der Waals surface area contributed by atoms with Crippen LogP contribution in [0.2, 0.25) is 0 Å². The van der Waals surface area contributed by atoms with Crippen LogP contribution < -0.4 is 0 Å². The van der Waals surface area contributed by atoms with Gasteiger partial charge in [0.25, 0.3) is 0 Å². The normalized spacial score (nSPS) is 22.5. The summed E-state index contributed by atoms with van der Waals surface area (Å²) in [6.07, 6.45) is 3.92. The maximum absolute atomic E-state index is 12.6. The summed E-state index contributed by atoms with van der Waals surface area (Å²) in [5.41, 5.74) is 1.46. The Morgan fingerprint density at radius 3 is 2.21 bits per heavy atom. The number of likely N-dealkylation sites (N-methyl/N-ethyl adjacent to an activating group) is 2. The molecular formula is C21H36N2O. The molecule has 0 spiro atoms. The molecular weight excluding hydrogens is 296 g/mol. The van der Waals surface area contributed by atoms with Gasteiger partial charge in [-0.15, -0.1) is 0 Å². The second-order valence-electron chi connectivity index (χ2n) is 7.67. The second kappa shape index (κ2) is 9.22. The average molecular weight is 333 g/mol. The van der Waals surface area contributed by atoms with Gasteiger partial charge in [-0.1, -0.05) is 58.0 Å². The second-order valence-corrected chi connectivity index (χ2v) is 7.67. The van der Waals surface area contributed by atoms with Crippen LogP contribution in [0, 0.1) is 5.41 Å². The lowest BCUT2D eigenvalue weighted by Gasteiger charge is -2.47. The fourth-order valence-electron chi connectivity index (χ4n) is 3.59. The first-order chi connectivity index (χ1) is 11.3. The molecule has 2 atom stereocenters. The van der Waals surface area contributed by atoms with Crippen molar-refractivity contribution in [3.8, 4) is 0 Å². The number of rotatable bonds is 4. The molecule has 1 fully saturated rings. The van der Waals surface area contributed by atoms with Crippen molar-refractivity contribution in [2.24, 2.45) is 5.41 Å². The molecule has 1 aromatic rings. The van der Waals surface area contributed by atoms with Crippen molar-refractivity contribution in [2.45, 2.75) is 65.5 Å². The molecule has 0 radical (unpaired) electrons. The van der Waals surface area contributed by atoms with Gasteiger partial charge in [-0.05, 0) is 44.3 Å². The quantitative estimate of drug-likeness (QED) is 0.824. The Morgan fingerprint density at radius 2 is 1.67 bits per heavy atom. The maximum Gasteiger partial charge on any atom is 0.227 e. The molecule has 0 N–H and O–H groups in total. The van der Waals surface area contributed by atoms with Crippen LogP contribution in [0.5, 0.6) is 0 Å². The van der Waals surface area contributed by atoms with Gasteiger partial charge in [0.05, 0.1) is 6.42 Å².